The van der Waals surface area contributed by atoms with Crippen molar-refractivity contribution in [2.75, 3.05) is 7.11 Å². The Balaban J connectivity index is 2.28. The average Bonchev–Trinajstić information content (AvgIpc) is 2.89. The van der Waals surface area contributed by atoms with Gasteiger partial charge in [-0.2, -0.15) is 0 Å². The molecule has 70 valence electrons. The molecule has 1 aromatic rings. The molecule has 2 nitrogen and oxygen atoms in total. The molecule has 0 N–H and O–H groups in total. The van der Waals surface area contributed by atoms with Gasteiger partial charge in [-0.15, -0.1) is 11.3 Å². The number of thiophene rings is 1. The Morgan fingerprint density at radius 2 is 2.38 bits per heavy atom. The van der Waals surface area contributed by atoms with Crippen LogP contribution in [0.2, 0.25) is 5.02 Å². The zero-order chi connectivity index (χ0) is 9.42. The van der Waals surface area contributed by atoms with Crippen molar-refractivity contribution >= 4 is 28.9 Å². The lowest BCUT2D eigenvalue weighted by molar-refractivity contribution is 0.0606. The molecule has 1 heterocycles. The second kappa shape index (κ2) is 3.31. The number of halogens is 1. The summed E-state index contributed by atoms with van der Waals surface area (Å²) >= 11 is 7.44. The van der Waals surface area contributed by atoms with Gasteiger partial charge in [0.05, 0.1) is 12.1 Å². The van der Waals surface area contributed by atoms with E-state index in [0.29, 0.717) is 15.8 Å². The first kappa shape index (κ1) is 9.03. The molecule has 0 spiro atoms. The Kier molecular flexibility index (Phi) is 2.30. The molecule has 0 radical (unpaired) electrons. The smallest absolute Gasteiger partial charge is 0.348 e. The van der Waals surface area contributed by atoms with Crippen LogP contribution < -0.4 is 0 Å². The van der Waals surface area contributed by atoms with Gasteiger partial charge in [0.1, 0.15) is 4.88 Å². The summed E-state index contributed by atoms with van der Waals surface area (Å²) in [5.41, 5.74) is 0. The summed E-state index contributed by atoms with van der Waals surface area (Å²) in [6, 6.07) is 1.70. The number of carbonyl (C=O) groups excluding carboxylic acids is 1. The Labute approximate surface area is 85.5 Å². The van der Waals surface area contributed by atoms with Crippen LogP contribution in [0.3, 0.4) is 0 Å². The van der Waals surface area contributed by atoms with E-state index >= 15 is 0 Å². The van der Waals surface area contributed by atoms with Gasteiger partial charge in [-0.05, 0) is 24.8 Å². The van der Waals surface area contributed by atoms with Crippen molar-refractivity contribution in [2.24, 2.45) is 0 Å². The van der Waals surface area contributed by atoms with Gasteiger partial charge in [-0.1, -0.05) is 11.6 Å². The van der Waals surface area contributed by atoms with Crippen LogP contribution in [0.4, 0.5) is 0 Å². The van der Waals surface area contributed by atoms with Crippen LogP contribution >= 0.6 is 22.9 Å². The van der Waals surface area contributed by atoms with Crippen LogP contribution in [0.15, 0.2) is 6.07 Å². The SMILES string of the molecule is COC(=O)c1cc(Cl)c(C2CC2)s1. The number of hydrogen-bond donors (Lipinski definition) is 0. The zero-order valence-electron chi connectivity index (χ0n) is 7.17. The molecule has 1 fully saturated rings. The van der Waals surface area contributed by atoms with Gasteiger partial charge in [-0.25, -0.2) is 4.79 Å². The molecule has 13 heavy (non-hydrogen) atoms. The molecule has 0 bridgehead atoms. The summed E-state index contributed by atoms with van der Waals surface area (Å²) < 4.78 is 4.62. The maximum atomic E-state index is 11.2. The van der Waals surface area contributed by atoms with E-state index < -0.39 is 0 Å². The summed E-state index contributed by atoms with van der Waals surface area (Å²) in [6.07, 6.45) is 2.39. The number of methoxy groups -OCH3 is 1. The number of esters is 1. The van der Waals surface area contributed by atoms with E-state index in [9.17, 15) is 4.79 Å². The number of carbonyl (C=O) groups is 1. The highest BCUT2D eigenvalue weighted by molar-refractivity contribution is 7.14. The predicted molar refractivity (Wildman–Crippen MR) is 52.6 cm³/mol. The van der Waals surface area contributed by atoms with Gasteiger partial charge in [0, 0.05) is 4.88 Å². The highest BCUT2D eigenvalue weighted by atomic mass is 35.5. The van der Waals surface area contributed by atoms with Gasteiger partial charge in [0.2, 0.25) is 0 Å². The van der Waals surface area contributed by atoms with Crippen molar-refractivity contribution in [1.82, 2.24) is 0 Å². The van der Waals surface area contributed by atoms with Gasteiger partial charge in [0.15, 0.2) is 0 Å². The molecular weight excluding hydrogens is 208 g/mol. The summed E-state index contributed by atoms with van der Waals surface area (Å²) in [7, 11) is 1.38. The lowest BCUT2D eigenvalue weighted by Gasteiger charge is -1.91. The van der Waals surface area contributed by atoms with Gasteiger partial charge in [-0.3, -0.25) is 0 Å². The summed E-state index contributed by atoms with van der Waals surface area (Å²) in [4.78, 5) is 12.9. The second-order valence-corrected chi connectivity index (χ2v) is 4.58. The Hall–Kier alpha value is -0.540. The van der Waals surface area contributed by atoms with E-state index in [4.69, 9.17) is 11.6 Å². The molecule has 0 aliphatic heterocycles. The molecular formula is C9H9ClO2S. The standard InChI is InChI=1S/C9H9ClO2S/c1-12-9(11)7-4-6(10)8(13-7)5-2-3-5/h4-5H,2-3H2,1H3. The normalized spacial score (nSPS) is 15.8. The number of hydrogen-bond acceptors (Lipinski definition) is 3. The van der Waals surface area contributed by atoms with E-state index in [-0.39, 0.29) is 5.97 Å². The molecule has 0 atom stereocenters. The molecule has 0 unspecified atom stereocenters. The molecule has 1 saturated carbocycles. The molecule has 1 aliphatic rings. The predicted octanol–water partition coefficient (Wildman–Crippen LogP) is 3.07. The van der Waals surface area contributed by atoms with E-state index in [1.165, 1.54) is 31.3 Å². The molecule has 0 saturated heterocycles. The molecule has 4 heteroatoms. The number of ether oxygens (including phenoxy) is 1. The van der Waals surface area contributed by atoms with Gasteiger partial charge < -0.3 is 4.74 Å². The Morgan fingerprint density at radius 3 is 2.92 bits per heavy atom. The van der Waals surface area contributed by atoms with Crippen molar-refractivity contribution in [3.05, 3.63) is 20.8 Å². The fraction of sp³-hybridized carbons (Fsp3) is 0.444. The second-order valence-electron chi connectivity index (χ2n) is 3.09. The molecule has 0 aromatic carbocycles. The largest absolute Gasteiger partial charge is 0.465 e. The monoisotopic (exact) mass is 216 g/mol. The first-order valence-electron chi connectivity index (χ1n) is 4.10. The highest BCUT2D eigenvalue weighted by Crippen LogP contribution is 2.47. The van der Waals surface area contributed by atoms with E-state index in [1.807, 2.05) is 0 Å². The highest BCUT2D eigenvalue weighted by Gasteiger charge is 2.29. The van der Waals surface area contributed by atoms with E-state index in [2.05, 4.69) is 4.74 Å². The van der Waals surface area contributed by atoms with Crippen LogP contribution in [-0.2, 0) is 4.74 Å². The third-order valence-corrected chi connectivity index (χ3v) is 3.75. The van der Waals surface area contributed by atoms with Crippen molar-refractivity contribution in [2.45, 2.75) is 18.8 Å². The molecule has 1 aromatic heterocycles. The summed E-state index contributed by atoms with van der Waals surface area (Å²) in [6.45, 7) is 0. The topological polar surface area (TPSA) is 26.3 Å². The number of rotatable bonds is 2. The lowest BCUT2D eigenvalue weighted by atomic mass is 10.3. The third kappa shape index (κ3) is 1.71. The van der Waals surface area contributed by atoms with E-state index in [1.54, 1.807) is 6.07 Å². The van der Waals surface area contributed by atoms with Crippen molar-refractivity contribution in [3.8, 4) is 0 Å². The van der Waals surface area contributed by atoms with Crippen LogP contribution in [0.1, 0.15) is 33.3 Å². The minimum absolute atomic E-state index is 0.293. The van der Waals surface area contributed by atoms with Crippen LogP contribution in [-0.4, -0.2) is 13.1 Å². The summed E-state index contributed by atoms with van der Waals surface area (Å²) in [5, 5.41) is 0.716. The Morgan fingerprint density at radius 1 is 1.69 bits per heavy atom. The van der Waals surface area contributed by atoms with Crippen LogP contribution in [0.5, 0.6) is 0 Å². The first-order chi connectivity index (χ1) is 6.22. The Bertz CT molecular complexity index is 341. The minimum atomic E-state index is -0.293. The lowest BCUT2D eigenvalue weighted by Crippen LogP contribution is -1.96. The molecule has 1 aliphatic carbocycles. The molecule has 2 rings (SSSR count). The van der Waals surface area contributed by atoms with Crippen molar-refractivity contribution in [1.29, 1.82) is 0 Å². The van der Waals surface area contributed by atoms with Gasteiger partial charge in [0.25, 0.3) is 0 Å². The quantitative estimate of drug-likeness (QED) is 0.711. The fourth-order valence-corrected chi connectivity index (χ4v) is 2.79. The summed E-state index contributed by atoms with van der Waals surface area (Å²) in [5.74, 6) is 0.301. The zero-order valence-corrected chi connectivity index (χ0v) is 8.74. The van der Waals surface area contributed by atoms with Crippen LogP contribution in [0, 0.1) is 0 Å². The molecule has 0 amide bonds. The average molecular weight is 217 g/mol. The van der Waals surface area contributed by atoms with Gasteiger partial charge >= 0.3 is 5.97 Å². The minimum Gasteiger partial charge on any atom is -0.465 e. The maximum Gasteiger partial charge on any atom is 0.348 e. The fourth-order valence-electron chi connectivity index (χ4n) is 1.21. The maximum absolute atomic E-state index is 11.2. The van der Waals surface area contributed by atoms with Crippen LogP contribution in [0.25, 0.3) is 0 Å². The third-order valence-electron chi connectivity index (χ3n) is 2.05. The van der Waals surface area contributed by atoms with Crippen molar-refractivity contribution in [3.63, 3.8) is 0 Å². The first-order valence-corrected chi connectivity index (χ1v) is 5.29. The van der Waals surface area contributed by atoms with E-state index in [0.717, 1.165) is 4.88 Å². The van der Waals surface area contributed by atoms with Crippen molar-refractivity contribution < 1.29 is 9.53 Å².